The predicted octanol–water partition coefficient (Wildman–Crippen LogP) is 5.14. The van der Waals surface area contributed by atoms with Gasteiger partial charge in [0.15, 0.2) is 69.8 Å². The molecule has 1 saturated heterocycles. The maximum Gasteiger partial charge on any atom is 0.200 e. The van der Waals surface area contributed by atoms with Crippen LogP contribution in [-0.2, 0) is 0 Å². The molecule has 1 fully saturated rings. The zero-order chi connectivity index (χ0) is 38.8. The minimum atomic E-state index is -7.22. The third-order valence-corrected chi connectivity index (χ3v) is 8.16. The van der Waals surface area contributed by atoms with Gasteiger partial charge in [0.25, 0.3) is 0 Å². The first kappa shape index (κ1) is 39.3. The van der Waals surface area contributed by atoms with Crippen molar-refractivity contribution in [3.05, 3.63) is 116 Å². The first-order valence-electron chi connectivity index (χ1n) is 13.6. The topological polar surface area (TPSA) is 4.44 Å². The van der Waals surface area contributed by atoms with Gasteiger partial charge in [-0.1, -0.05) is 0 Å². The monoisotopic (exact) mass is 765 g/mol. The lowest BCUT2D eigenvalue weighted by molar-refractivity contribution is -0.866. The van der Waals surface area contributed by atoms with E-state index in [-0.39, 0.29) is 0 Å². The van der Waals surface area contributed by atoms with Gasteiger partial charge in [0.1, 0.15) is 52.7 Å². The summed E-state index contributed by atoms with van der Waals surface area (Å²) in [4.78, 5) is 1.70. The molecule has 51 heavy (non-hydrogen) atoms. The van der Waals surface area contributed by atoms with Gasteiger partial charge in [-0.25, -0.2) is 87.8 Å². The molecule has 5 rings (SSSR count). The van der Waals surface area contributed by atoms with Crippen LogP contribution in [0.15, 0.2) is 0 Å². The molecule has 0 saturated carbocycles. The van der Waals surface area contributed by atoms with Crippen LogP contribution in [0.1, 0.15) is 12.8 Å². The standard InChI is InChI=1S/C24BF20.C5H11N/c26-5-1(6(27)14(35)21(42)13(5)34)25(2-7(28)15(36)22(43)16(37)8(2)29,3-9(30)17(38)23(44)18(39)10(3)31)4-11(32)19(40)24(45)20(41)12(4)33;1-6-4-2-3-5-6/h;2-5H2,1H3/q-1;/p+1. The van der Waals surface area contributed by atoms with Crippen LogP contribution in [0.3, 0.4) is 0 Å². The Hall–Kier alpha value is -4.50. The van der Waals surface area contributed by atoms with Crippen LogP contribution < -0.4 is 26.8 Å². The summed E-state index contributed by atoms with van der Waals surface area (Å²) in [5.74, 6) is -71.4. The van der Waals surface area contributed by atoms with Crippen molar-refractivity contribution in [2.75, 3.05) is 20.1 Å². The Morgan fingerprint density at radius 1 is 0.275 bits per heavy atom. The van der Waals surface area contributed by atoms with Gasteiger partial charge in [-0.3, -0.25) is 0 Å². The van der Waals surface area contributed by atoms with Crippen molar-refractivity contribution in [1.82, 2.24) is 0 Å². The average molecular weight is 765 g/mol. The number of halogens is 20. The van der Waals surface area contributed by atoms with E-state index in [0.717, 1.165) is 0 Å². The highest BCUT2D eigenvalue weighted by Crippen LogP contribution is 2.30. The van der Waals surface area contributed by atoms with E-state index in [0.29, 0.717) is 0 Å². The van der Waals surface area contributed by atoms with Gasteiger partial charge in [0.05, 0.1) is 20.1 Å². The Balaban J connectivity index is 0.000000878. The Morgan fingerprint density at radius 2 is 0.412 bits per heavy atom. The molecule has 1 heterocycles. The van der Waals surface area contributed by atoms with Crippen LogP contribution in [0.5, 0.6) is 0 Å². The van der Waals surface area contributed by atoms with Crippen LogP contribution in [0.2, 0.25) is 0 Å². The highest BCUT2D eigenvalue weighted by atomic mass is 19.2. The molecule has 0 aromatic heterocycles. The van der Waals surface area contributed by atoms with Crippen LogP contribution >= 0.6 is 0 Å². The number of hydrogen-bond donors (Lipinski definition) is 1. The van der Waals surface area contributed by atoms with Gasteiger partial charge in [-0.05, 0) is 0 Å². The normalized spacial score (nSPS) is 13.6. The molecule has 1 aliphatic heterocycles. The maximum absolute atomic E-state index is 15.4. The molecule has 4 aromatic carbocycles. The number of likely N-dealkylation sites (tertiary alicyclic amines) is 1. The van der Waals surface area contributed by atoms with Gasteiger partial charge < -0.3 is 4.90 Å². The van der Waals surface area contributed by atoms with Crippen molar-refractivity contribution in [3.8, 4) is 0 Å². The molecule has 1 nitrogen and oxygen atoms in total. The molecule has 0 amide bonds. The second-order valence-electron chi connectivity index (χ2n) is 11.0. The Bertz CT molecular complexity index is 1690. The van der Waals surface area contributed by atoms with E-state index in [2.05, 4.69) is 7.05 Å². The molecule has 276 valence electrons. The highest BCUT2D eigenvalue weighted by molar-refractivity contribution is 7.20. The summed E-state index contributed by atoms with van der Waals surface area (Å²) in [7, 11) is 2.26. The third kappa shape index (κ3) is 5.74. The molecule has 0 spiro atoms. The predicted molar refractivity (Wildman–Crippen MR) is 135 cm³/mol. The number of benzene rings is 4. The summed E-state index contributed by atoms with van der Waals surface area (Å²) in [6.07, 6.45) is -4.32. The third-order valence-electron chi connectivity index (χ3n) is 8.16. The second kappa shape index (κ2) is 13.9. The number of hydrogen-bond acceptors (Lipinski definition) is 0. The summed E-state index contributed by atoms with van der Waals surface area (Å²) < 4.78 is 294. The van der Waals surface area contributed by atoms with Gasteiger partial charge in [-0.2, -0.15) is 0 Å². The van der Waals surface area contributed by atoms with E-state index in [4.69, 9.17) is 0 Å². The molecule has 0 unspecified atom stereocenters. The van der Waals surface area contributed by atoms with Crippen molar-refractivity contribution in [1.29, 1.82) is 0 Å². The van der Waals surface area contributed by atoms with Gasteiger partial charge in [0, 0.05) is 12.8 Å². The minimum Gasteiger partial charge on any atom is -0.337 e. The fourth-order valence-corrected chi connectivity index (χ4v) is 5.85. The Morgan fingerprint density at radius 3 is 0.529 bits per heavy atom. The maximum atomic E-state index is 15.4. The van der Waals surface area contributed by atoms with E-state index in [1.807, 2.05) is 0 Å². The number of nitrogens with one attached hydrogen (secondary N) is 1. The van der Waals surface area contributed by atoms with Crippen molar-refractivity contribution in [2.45, 2.75) is 12.8 Å². The van der Waals surface area contributed by atoms with Crippen molar-refractivity contribution in [2.24, 2.45) is 0 Å². The lowest BCUT2D eigenvalue weighted by atomic mass is 9.12. The minimum absolute atomic E-state index is 1.40. The number of quaternary nitrogens is 1. The summed E-state index contributed by atoms with van der Waals surface area (Å²) in [6, 6.07) is 0. The fourth-order valence-electron chi connectivity index (χ4n) is 5.85. The quantitative estimate of drug-likeness (QED) is 0.127. The van der Waals surface area contributed by atoms with Gasteiger partial charge >= 0.3 is 0 Å². The Labute approximate surface area is 270 Å². The summed E-state index contributed by atoms with van der Waals surface area (Å²) in [6.45, 7) is 2.81. The van der Waals surface area contributed by atoms with Crippen LogP contribution in [0, 0.1) is 116 Å². The molecule has 1 aliphatic rings. The van der Waals surface area contributed by atoms with Crippen LogP contribution in [0.25, 0.3) is 0 Å². The molecular formula is C29H12BF20N. The van der Waals surface area contributed by atoms with Crippen molar-refractivity contribution < 1.29 is 92.7 Å². The lowest BCUT2D eigenvalue weighted by Gasteiger charge is -2.44. The average Bonchev–Trinajstić information content (AvgIpc) is 3.59. The van der Waals surface area contributed by atoms with Crippen LogP contribution in [-0.4, -0.2) is 26.3 Å². The summed E-state index contributed by atoms with van der Waals surface area (Å²) >= 11 is 0. The molecule has 4 aromatic rings. The first-order valence-corrected chi connectivity index (χ1v) is 13.6. The Kier molecular flexibility index (Phi) is 10.7. The smallest absolute Gasteiger partial charge is 0.200 e. The fraction of sp³-hybridized carbons (Fsp3) is 0.172. The van der Waals surface area contributed by atoms with Crippen molar-refractivity contribution in [3.63, 3.8) is 0 Å². The summed E-state index contributed by atoms with van der Waals surface area (Å²) in [5.41, 5.74) is -14.3. The van der Waals surface area contributed by atoms with E-state index < -0.39 is 144 Å². The highest BCUT2D eigenvalue weighted by Gasteiger charge is 2.52. The molecule has 22 heteroatoms. The summed E-state index contributed by atoms with van der Waals surface area (Å²) in [5, 5.41) is 0. The zero-order valence-corrected chi connectivity index (χ0v) is 24.5. The van der Waals surface area contributed by atoms with Crippen LogP contribution in [0.4, 0.5) is 87.8 Å². The lowest BCUT2D eigenvalue weighted by Crippen LogP contribution is -3.06. The second-order valence-corrected chi connectivity index (χ2v) is 11.0. The van der Waals surface area contributed by atoms with Gasteiger partial charge in [-0.15, -0.1) is 21.9 Å². The molecule has 0 bridgehead atoms. The first-order chi connectivity index (χ1) is 23.6. The van der Waals surface area contributed by atoms with E-state index in [1.165, 1.54) is 25.9 Å². The molecule has 0 radical (unpaired) electrons. The SMILES string of the molecule is C[NH+]1CCCC1.Fc1c(F)c(F)c([B-](c2c(F)c(F)c(F)c(F)c2F)(c2c(F)c(F)c(F)c(F)c2F)c2c(F)c(F)c(F)c(F)c2F)c(F)c1F. The molecule has 0 aliphatic carbocycles. The van der Waals surface area contributed by atoms with E-state index >= 15 is 35.1 Å². The largest absolute Gasteiger partial charge is 0.337 e. The number of rotatable bonds is 4. The molecule has 0 atom stereocenters. The van der Waals surface area contributed by atoms with Crippen molar-refractivity contribution >= 4 is 28.0 Å². The van der Waals surface area contributed by atoms with E-state index in [9.17, 15) is 52.7 Å². The van der Waals surface area contributed by atoms with E-state index in [1.54, 1.807) is 4.90 Å². The molecular weight excluding hydrogens is 753 g/mol. The molecule has 1 N–H and O–H groups in total. The zero-order valence-electron chi connectivity index (χ0n) is 24.5. The van der Waals surface area contributed by atoms with Gasteiger partial charge in [0.2, 0.25) is 0 Å².